The van der Waals surface area contributed by atoms with Gasteiger partial charge in [-0.2, -0.15) is 0 Å². The third-order valence-corrected chi connectivity index (χ3v) is 7.12. The largest absolute Gasteiger partial charge is 0.454 e. The van der Waals surface area contributed by atoms with Crippen molar-refractivity contribution in [3.8, 4) is 11.5 Å². The Morgan fingerprint density at radius 3 is 2.34 bits per heavy atom. The summed E-state index contributed by atoms with van der Waals surface area (Å²) in [6.45, 7) is 7.15. The van der Waals surface area contributed by atoms with E-state index in [0.29, 0.717) is 18.8 Å². The molecule has 0 radical (unpaired) electrons. The molecule has 2 aliphatic heterocycles. The second kappa shape index (κ2) is 8.99. The van der Waals surface area contributed by atoms with E-state index in [1.165, 1.54) is 4.31 Å². The zero-order valence-corrected chi connectivity index (χ0v) is 19.5. The first-order valence-electron chi connectivity index (χ1n) is 10.7. The minimum absolute atomic E-state index is 0.182. The van der Waals surface area contributed by atoms with Gasteiger partial charge in [0.15, 0.2) is 11.5 Å². The van der Waals surface area contributed by atoms with Crippen LogP contribution >= 0.6 is 0 Å². The van der Waals surface area contributed by atoms with Crippen LogP contribution in [0.15, 0.2) is 42.5 Å². The summed E-state index contributed by atoms with van der Waals surface area (Å²) in [5.74, 6) is 1.35. The van der Waals surface area contributed by atoms with Crippen molar-refractivity contribution in [2.24, 2.45) is 0 Å². The minimum atomic E-state index is -3.62. The first-order valence-corrected chi connectivity index (χ1v) is 12.5. The van der Waals surface area contributed by atoms with Gasteiger partial charge < -0.3 is 14.4 Å². The van der Waals surface area contributed by atoms with E-state index in [-0.39, 0.29) is 12.7 Å². The summed E-state index contributed by atoms with van der Waals surface area (Å²) in [4.78, 5) is 17.2. The Morgan fingerprint density at radius 2 is 1.69 bits per heavy atom. The van der Waals surface area contributed by atoms with Crippen molar-refractivity contribution in [3.63, 3.8) is 0 Å². The zero-order chi connectivity index (χ0) is 22.9. The summed E-state index contributed by atoms with van der Waals surface area (Å²) in [5, 5.41) is 0. The number of benzene rings is 2. The molecule has 0 aliphatic carbocycles. The lowest BCUT2D eigenvalue weighted by molar-refractivity contribution is -0.133. The van der Waals surface area contributed by atoms with Gasteiger partial charge in [-0.1, -0.05) is 23.8 Å². The van der Waals surface area contributed by atoms with Gasteiger partial charge in [0, 0.05) is 32.7 Å². The van der Waals surface area contributed by atoms with Crippen molar-refractivity contribution in [2.45, 2.75) is 26.4 Å². The minimum Gasteiger partial charge on any atom is -0.454 e. The van der Waals surface area contributed by atoms with Crippen molar-refractivity contribution in [2.75, 3.05) is 43.5 Å². The van der Waals surface area contributed by atoms with E-state index in [0.717, 1.165) is 48.5 Å². The molecule has 0 unspecified atom stereocenters. The smallest absolute Gasteiger partial charge is 0.246 e. The van der Waals surface area contributed by atoms with Gasteiger partial charge in [0.05, 0.1) is 11.9 Å². The molecule has 1 atom stereocenters. The second-order valence-corrected chi connectivity index (χ2v) is 10.2. The molecule has 0 saturated carbocycles. The standard InChI is InChI=1S/C23H29N3O5S/c1-17-4-7-20(8-5-17)26(32(3,28)29)18(2)23(27)25-12-10-24(11-13-25)15-19-6-9-21-22(14-19)31-16-30-21/h4-9,14,18H,10-13,15-16H2,1-3H3/t18-/m1/s1. The van der Waals surface area contributed by atoms with Crippen LogP contribution in [0.4, 0.5) is 5.69 Å². The van der Waals surface area contributed by atoms with Gasteiger partial charge in [-0.25, -0.2) is 8.42 Å². The van der Waals surface area contributed by atoms with Crippen LogP contribution < -0.4 is 13.8 Å². The third-order valence-electron chi connectivity index (χ3n) is 5.88. The van der Waals surface area contributed by atoms with Crippen LogP contribution in [0.2, 0.25) is 0 Å². The summed E-state index contributed by atoms with van der Waals surface area (Å²) in [6, 6.07) is 12.3. The topological polar surface area (TPSA) is 79.4 Å². The van der Waals surface area contributed by atoms with E-state index in [1.807, 2.05) is 37.3 Å². The molecule has 0 aromatic heterocycles. The van der Waals surface area contributed by atoms with E-state index < -0.39 is 16.1 Å². The van der Waals surface area contributed by atoms with Crippen molar-refractivity contribution in [1.82, 2.24) is 9.80 Å². The van der Waals surface area contributed by atoms with Gasteiger partial charge in [-0.05, 0) is 43.7 Å². The van der Waals surface area contributed by atoms with E-state index in [2.05, 4.69) is 4.90 Å². The third kappa shape index (κ3) is 4.83. The number of anilines is 1. The van der Waals surface area contributed by atoms with Crippen molar-refractivity contribution in [1.29, 1.82) is 0 Å². The van der Waals surface area contributed by atoms with E-state index >= 15 is 0 Å². The molecule has 2 heterocycles. The number of aryl methyl sites for hydroxylation is 1. The summed E-state index contributed by atoms with van der Waals surface area (Å²) >= 11 is 0. The Labute approximate surface area is 189 Å². The first kappa shape index (κ1) is 22.4. The molecule has 4 rings (SSSR count). The maximum Gasteiger partial charge on any atom is 0.246 e. The number of amides is 1. The molecule has 2 aliphatic rings. The Kier molecular flexibility index (Phi) is 6.30. The van der Waals surface area contributed by atoms with Gasteiger partial charge in [-0.3, -0.25) is 14.0 Å². The lowest BCUT2D eigenvalue weighted by Gasteiger charge is -2.38. The predicted molar refractivity (Wildman–Crippen MR) is 122 cm³/mol. The summed E-state index contributed by atoms with van der Waals surface area (Å²) in [7, 11) is -3.62. The van der Waals surface area contributed by atoms with Gasteiger partial charge in [0.2, 0.25) is 22.7 Å². The maximum absolute atomic E-state index is 13.2. The highest BCUT2D eigenvalue weighted by atomic mass is 32.2. The molecule has 8 nitrogen and oxygen atoms in total. The van der Waals surface area contributed by atoms with E-state index in [9.17, 15) is 13.2 Å². The van der Waals surface area contributed by atoms with Crippen LogP contribution in [-0.2, 0) is 21.4 Å². The summed E-state index contributed by atoms with van der Waals surface area (Å²) in [6.07, 6.45) is 1.14. The van der Waals surface area contributed by atoms with E-state index in [1.54, 1.807) is 24.0 Å². The Balaban J connectivity index is 1.39. The Bertz CT molecular complexity index is 1080. The number of ether oxygens (including phenoxy) is 2. The average molecular weight is 460 g/mol. The second-order valence-electron chi connectivity index (χ2n) is 8.36. The van der Waals surface area contributed by atoms with Crippen LogP contribution in [0.3, 0.4) is 0 Å². The molecule has 1 amide bonds. The van der Waals surface area contributed by atoms with Gasteiger partial charge in [-0.15, -0.1) is 0 Å². The molecule has 32 heavy (non-hydrogen) atoms. The number of carbonyl (C=O) groups excluding carboxylic acids is 1. The Hall–Kier alpha value is -2.78. The molecular formula is C23H29N3O5S. The number of hydrogen-bond donors (Lipinski definition) is 0. The molecule has 1 saturated heterocycles. The molecule has 0 N–H and O–H groups in total. The SMILES string of the molecule is Cc1ccc(N([C@H](C)C(=O)N2CCN(Cc3ccc4c(c3)OCO4)CC2)S(C)(=O)=O)cc1. The fourth-order valence-electron chi connectivity index (χ4n) is 4.18. The van der Waals surface area contributed by atoms with E-state index in [4.69, 9.17) is 9.47 Å². The number of sulfonamides is 1. The fourth-order valence-corrected chi connectivity index (χ4v) is 5.35. The summed E-state index contributed by atoms with van der Waals surface area (Å²) in [5.41, 5.74) is 2.66. The van der Waals surface area contributed by atoms with Crippen LogP contribution in [0.25, 0.3) is 0 Å². The number of nitrogens with zero attached hydrogens (tertiary/aromatic N) is 3. The van der Waals surface area contributed by atoms with Crippen molar-refractivity contribution in [3.05, 3.63) is 53.6 Å². The Morgan fingerprint density at radius 1 is 1.03 bits per heavy atom. The molecule has 0 bridgehead atoms. The van der Waals surface area contributed by atoms with Gasteiger partial charge in [0.25, 0.3) is 0 Å². The quantitative estimate of drug-likeness (QED) is 0.659. The van der Waals surface area contributed by atoms with Crippen LogP contribution in [-0.4, -0.2) is 69.4 Å². The number of piperazine rings is 1. The average Bonchev–Trinajstić information content (AvgIpc) is 3.22. The van der Waals surface area contributed by atoms with Crippen molar-refractivity contribution >= 4 is 21.6 Å². The first-order chi connectivity index (χ1) is 15.2. The number of carbonyl (C=O) groups is 1. The molecule has 2 aromatic rings. The highest BCUT2D eigenvalue weighted by Crippen LogP contribution is 2.33. The van der Waals surface area contributed by atoms with Gasteiger partial charge >= 0.3 is 0 Å². The molecule has 2 aromatic carbocycles. The number of fused-ring (bicyclic) bond motifs is 1. The predicted octanol–water partition coefficient (Wildman–Crippen LogP) is 2.22. The molecule has 1 fully saturated rings. The van der Waals surface area contributed by atoms with Crippen LogP contribution in [0.5, 0.6) is 11.5 Å². The zero-order valence-electron chi connectivity index (χ0n) is 18.7. The highest BCUT2D eigenvalue weighted by molar-refractivity contribution is 7.92. The molecule has 172 valence electrons. The highest BCUT2D eigenvalue weighted by Gasteiger charge is 2.33. The van der Waals surface area contributed by atoms with Crippen molar-refractivity contribution < 1.29 is 22.7 Å². The molecular weight excluding hydrogens is 430 g/mol. The molecule has 9 heteroatoms. The monoisotopic (exact) mass is 459 g/mol. The lowest BCUT2D eigenvalue weighted by atomic mass is 10.1. The molecule has 0 spiro atoms. The lowest BCUT2D eigenvalue weighted by Crippen LogP contribution is -2.55. The maximum atomic E-state index is 13.2. The fraction of sp³-hybridized carbons (Fsp3) is 0.435. The van der Waals surface area contributed by atoms with Gasteiger partial charge in [0.1, 0.15) is 6.04 Å². The van der Waals surface area contributed by atoms with Crippen LogP contribution in [0, 0.1) is 6.92 Å². The number of rotatable bonds is 6. The van der Waals surface area contributed by atoms with Crippen LogP contribution in [0.1, 0.15) is 18.1 Å². The number of hydrogen-bond acceptors (Lipinski definition) is 6. The summed E-state index contributed by atoms with van der Waals surface area (Å²) < 4.78 is 37.0. The normalized spacial score (nSPS) is 17.3.